The fraction of sp³-hybridized carbons (Fsp3) is 1.00. The molecule has 0 aromatic heterocycles. The van der Waals surface area contributed by atoms with Gasteiger partial charge in [0.25, 0.3) is 0 Å². The Labute approximate surface area is 90.5 Å². The Morgan fingerprint density at radius 1 is 1.13 bits per heavy atom. The summed E-state index contributed by atoms with van der Waals surface area (Å²) in [4.78, 5) is 0. The highest BCUT2D eigenvalue weighted by atomic mass is 32.3. The van der Waals surface area contributed by atoms with Crippen LogP contribution < -0.4 is 0 Å². The molecule has 1 atom stereocenters. The molecule has 1 unspecified atom stereocenters. The summed E-state index contributed by atoms with van der Waals surface area (Å²) in [5, 5.41) is 8.85. The molecule has 0 saturated heterocycles. The van der Waals surface area contributed by atoms with Crippen LogP contribution in [0.25, 0.3) is 0 Å². The Morgan fingerprint density at radius 2 is 1.53 bits per heavy atom. The predicted octanol–water partition coefficient (Wildman–Crippen LogP) is 1.84. The molecule has 0 aliphatic carbocycles. The highest BCUT2D eigenvalue weighted by molar-refractivity contribution is 7.79. The summed E-state index contributed by atoms with van der Waals surface area (Å²) in [6.07, 6.45) is 5.93. The molecule has 0 fully saturated rings. The number of rotatable bonds is 5. The Hall–Kier alpha value is -0.240. The van der Waals surface area contributed by atoms with Crippen LogP contribution in [0, 0.1) is 0 Å². The van der Waals surface area contributed by atoms with Crippen LogP contribution in [0.2, 0.25) is 0 Å². The van der Waals surface area contributed by atoms with Crippen LogP contribution >= 0.6 is 0 Å². The maximum atomic E-state index is 8.85. The second-order valence-electron chi connectivity index (χ2n) is 3.15. The van der Waals surface area contributed by atoms with Crippen molar-refractivity contribution in [1.82, 2.24) is 0 Å². The zero-order chi connectivity index (χ0) is 11.6. The van der Waals surface area contributed by atoms with E-state index in [1.54, 1.807) is 0 Å². The predicted molar refractivity (Wildman–Crippen MR) is 57.1 cm³/mol. The van der Waals surface area contributed by atoms with Gasteiger partial charge < -0.3 is 5.11 Å². The van der Waals surface area contributed by atoms with Gasteiger partial charge in [-0.05, 0) is 13.3 Å². The fourth-order valence-corrected chi connectivity index (χ4v) is 0.867. The SMILES string of the molecule is CCCCCCC(C)O.F.O=S(=O)(O)O. The number of hydrogen-bond donors (Lipinski definition) is 3. The van der Waals surface area contributed by atoms with Crippen LogP contribution in [0.4, 0.5) is 4.70 Å². The van der Waals surface area contributed by atoms with Crippen LogP contribution in [0.1, 0.15) is 46.0 Å². The smallest absolute Gasteiger partial charge is 0.393 e. The molecule has 0 aliphatic heterocycles. The Balaban J connectivity index is -0.000000208. The minimum Gasteiger partial charge on any atom is -0.393 e. The summed E-state index contributed by atoms with van der Waals surface area (Å²) in [6, 6.07) is 0. The average Bonchev–Trinajstić information content (AvgIpc) is 1.94. The van der Waals surface area contributed by atoms with Crippen LogP contribution in [0.5, 0.6) is 0 Å². The van der Waals surface area contributed by atoms with Crippen LogP contribution in [0.15, 0.2) is 0 Å². The number of aliphatic hydroxyl groups excluding tert-OH is 1. The molecule has 0 spiro atoms. The second-order valence-corrected chi connectivity index (χ2v) is 4.04. The van der Waals surface area contributed by atoms with Gasteiger partial charge in [0.05, 0.1) is 6.10 Å². The standard InChI is InChI=1S/C8H18O.FH.H2O4S/c1-3-4-5-6-7-8(2)9;;1-5(2,3)4/h8-9H,3-7H2,1-2H3;1H;(H2,1,2,3,4). The molecule has 96 valence electrons. The van der Waals surface area contributed by atoms with Crippen LogP contribution in [-0.4, -0.2) is 28.7 Å². The minimum absolute atomic E-state index is 0. The molecule has 0 amide bonds. The zero-order valence-corrected chi connectivity index (χ0v) is 9.90. The summed E-state index contributed by atoms with van der Waals surface area (Å²) in [7, 11) is -4.67. The average molecular weight is 248 g/mol. The minimum atomic E-state index is -4.67. The Bertz CT molecular complexity index is 195. The van der Waals surface area contributed by atoms with Crippen molar-refractivity contribution >= 4 is 10.4 Å². The van der Waals surface area contributed by atoms with Crippen molar-refractivity contribution in [3.63, 3.8) is 0 Å². The van der Waals surface area contributed by atoms with Gasteiger partial charge in [-0.25, -0.2) is 0 Å². The summed E-state index contributed by atoms with van der Waals surface area (Å²) in [6.45, 7) is 4.05. The molecule has 0 radical (unpaired) electrons. The quantitative estimate of drug-likeness (QED) is 0.509. The van der Waals surface area contributed by atoms with Gasteiger partial charge in [0.2, 0.25) is 0 Å². The van der Waals surface area contributed by atoms with Crippen molar-refractivity contribution in [1.29, 1.82) is 0 Å². The molecular weight excluding hydrogens is 227 g/mol. The van der Waals surface area contributed by atoms with E-state index in [0.29, 0.717) is 0 Å². The molecule has 3 N–H and O–H groups in total. The highest BCUT2D eigenvalue weighted by Crippen LogP contribution is 2.04. The maximum absolute atomic E-state index is 8.85. The lowest BCUT2D eigenvalue weighted by Crippen LogP contribution is -1.97. The normalized spacial score (nSPS) is 12.1. The van der Waals surface area contributed by atoms with Gasteiger partial charge in [-0.2, -0.15) is 8.42 Å². The van der Waals surface area contributed by atoms with E-state index in [2.05, 4.69) is 6.92 Å². The monoisotopic (exact) mass is 248 g/mol. The lowest BCUT2D eigenvalue weighted by atomic mass is 10.1. The lowest BCUT2D eigenvalue weighted by Gasteiger charge is -2.01. The van der Waals surface area contributed by atoms with Crippen molar-refractivity contribution in [2.24, 2.45) is 0 Å². The van der Waals surface area contributed by atoms with Crippen LogP contribution in [0.3, 0.4) is 0 Å². The second kappa shape index (κ2) is 11.8. The molecule has 0 bridgehead atoms. The van der Waals surface area contributed by atoms with Gasteiger partial charge in [0.15, 0.2) is 0 Å². The van der Waals surface area contributed by atoms with E-state index in [1.165, 1.54) is 25.7 Å². The molecule has 7 heteroatoms. The van der Waals surface area contributed by atoms with Crippen LogP contribution in [-0.2, 0) is 10.4 Å². The molecule has 5 nitrogen and oxygen atoms in total. The number of aliphatic hydroxyl groups is 1. The first-order chi connectivity index (χ1) is 6.27. The van der Waals surface area contributed by atoms with Gasteiger partial charge in [-0.1, -0.05) is 32.6 Å². The van der Waals surface area contributed by atoms with E-state index in [1.807, 2.05) is 6.92 Å². The Kier molecular flexibility index (Phi) is 15.9. The first-order valence-corrected chi connectivity index (χ1v) is 6.05. The van der Waals surface area contributed by atoms with Gasteiger partial charge in [0.1, 0.15) is 0 Å². The van der Waals surface area contributed by atoms with Crippen molar-refractivity contribution < 1.29 is 27.3 Å². The molecule has 15 heavy (non-hydrogen) atoms. The fourth-order valence-electron chi connectivity index (χ4n) is 0.867. The molecule has 0 aromatic carbocycles. The van der Waals surface area contributed by atoms with Gasteiger partial charge >= 0.3 is 10.4 Å². The number of hydrogen-bond acceptors (Lipinski definition) is 3. The van der Waals surface area contributed by atoms with E-state index in [4.69, 9.17) is 22.6 Å². The maximum Gasteiger partial charge on any atom is 0.394 e. The van der Waals surface area contributed by atoms with Gasteiger partial charge in [-0.15, -0.1) is 0 Å². The molecule has 0 saturated carbocycles. The van der Waals surface area contributed by atoms with E-state index in [-0.39, 0.29) is 10.8 Å². The summed E-state index contributed by atoms with van der Waals surface area (Å²) < 4.78 is 31.6. The van der Waals surface area contributed by atoms with E-state index in [0.717, 1.165) is 6.42 Å². The summed E-state index contributed by atoms with van der Waals surface area (Å²) in [5.41, 5.74) is 0. The van der Waals surface area contributed by atoms with E-state index >= 15 is 0 Å². The number of halogens is 1. The topological polar surface area (TPSA) is 94.8 Å². The molecule has 0 heterocycles. The summed E-state index contributed by atoms with van der Waals surface area (Å²) >= 11 is 0. The van der Waals surface area contributed by atoms with E-state index < -0.39 is 10.4 Å². The Morgan fingerprint density at radius 3 is 1.80 bits per heavy atom. The number of unbranched alkanes of at least 4 members (excludes halogenated alkanes) is 3. The third kappa shape index (κ3) is 57.4. The zero-order valence-electron chi connectivity index (χ0n) is 9.09. The molecular formula is C8H21FO5S. The summed E-state index contributed by atoms with van der Waals surface area (Å²) in [5.74, 6) is 0. The lowest BCUT2D eigenvalue weighted by molar-refractivity contribution is 0.180. The van der Waals surface area contributed by atoms with Crippen molar-refractivity contribution in [2.45, 2.75) is 52.1 Å². The highest BCUT2D eigenvalue weighted by Gasteiger charge is 1.93. The third-order valence-corrected chi connectivity index (χ3v) is 1.48. The largest absolute Gasteiger partial charge is 0.394 e. The van der Waals surface area contributed by atoms with E-state index in [9.17, 15) is 0 Å². The van der Waals surface area contributed by atoms with Crippen molar-refractivity contribution in [2.75, 3.05) is 0 Å². The molecule has 0 rings (SSSR count). The first kappa shape index (κ1) is 20.2. The van der Waals surface area contributed by atoms with Gasteiger partial charge in [0, 0.05) is 0 Å². The van der Waals surface area contributed by atoms with Gasteiger partial charge in [-0.3, -0.25) is 13.8 Å². The third-order valence-electron chi connectivity index (χ3n) is 1.48. The van der Waals surface area contributed by atoms with Crippen molar-refractivity contribution in [3.8, 4) is 0 Å². The first-order valence-electron chi connectivity index (χ1n) is 4.65. The molecule has 0 aliphatic rings. The molecule has 0 aromatic rings. The van der Waals surface area contributed by atoms with Crippen molar-refractivity contribution in [3.05, 3.63) is 0 Å².